The molecule has 1 aromatic rings. The van der Waals surface area contributed by atoms with E-state index in [-0.39, 0.29) is 0 Å². The Labute approximate surface area is 128 Å². The fourth-order valence-electron chi connectivity index (χ4n) is 2.22. The lowest BCUT2D eigenvalue weighted by Crippen LogP contribution is -2.40. The van der Waals surface area contributed by atoms with E-state index < -0.39 is 0 Å². The van der Waals surface area contributed by atoms with Crippen LogP contribution >= 0.6 is 28.1 Å². The maximum Gasteiger partial charge on any atom is 0.187 e. The lowest BCUT2D eigenvalue weighted by molar-refractivity contribution is 0.412. The first-order valence-corrected chi connectivity index (χ1v) is 7.79. The van der Waals surface area contributed by atoms with Crippen molar-refractivity contribution in [3.05, 3.63) is 34.3 Å². The molecule has 102 valence electrons. The lowest BCUT2D eigenvalue weighted by atomic mass is 9.96. The van der Waals surface area contributed by atoms with Crippen LogP contribution in [0.3, 0.4) is 0 Å². The minimum atomic E-state index is 0.509. The number of rotatable bonds is 3. The van der Waals surface area contributed by atoms with Gasteiger partial charge in [-0.05, 0) is 42.8 Å². The summed E-state index contributed by atoms with van der Waals surface area (Å²) >= 11 is 8.66. The average Bonchev–Trinajstić information content (AvgIpc) is 2.40. The van der Waals surface area contributed by atoms with Crippen LogP contribution in [0.4, 0.5) is 0 Å². The Morgan fingerprint density at radius 1 is 1.32 bits per heavy atom. The fourth-order valence-corrected chi connectivity index (χ4v) is 2.85. The van der Waals surface area contributed by atoms with E-state index in [1.807, 2.05) is 24.3 Å². The van der Waals surface area contributed by atoms with Crippen molar-refractivity contribution in [3.8, 4) is 0 Å². The van der Waals surface area contributed by atoms with Gasteiger partial charge in [0.05, 0.1) is 6.21 Å². The van der Waals surface area contributed by atoms with Gasteiger partial charge in [-0.15, -0.1) is 0 Å². The topological polar surface area (TPSA) is 36.4 Å². The van der Waals surface area contributed by atoms with Gasteiger partial charge < -0.3 is 5.32 Å². The molecule has 0 amide bonds. The second-order valence-corrected chi connectivity index (χ2v) is 6.06. The Hall–Kier alpha value is -0.940. The van der Waals surface area contributed by atoms with Gasteiger partial charge in [0.1, 0.15) is 0 Å². The Kier molecular flexibility index (Phi) is 5.79. The SMILES string of the molecule is S=C(NN=Cc1cccc(Br)c1)NC1CCCCC1. The van der Waals surface area contributed by atoms with Crippen LogP contribution in [0.2, 0.25) is 0 Å². The molecule has 1 fully saturated rings. The highest BCUT2D eigenvalue weighted by Crippen LogP contribution is 2.17. The summed E-state index contributed by atoms with van der Waals surface area (Å²) in [4.78, 5) is 0. The van der Waals surface area contributed by atoms with E-state index in [4.69, 9.17) is 12.2 Å². The lowest BCUT2D eigenvalue weighted by Gasteiger charge is -2.23. The maximum atomic E-state index is 5.23. The summed E-state index contributed by atoms with van der Waals surface area (Å²) in [7, 11) is 0. The molecular weight excluding hydrogens is 322 g/mol. The van der Waals surface area contributed by atoms with Crippen LogP contribution in [-0.2, 0) is 0 Å². The van der Waals surface area contributed by atoms with Gasteiger partial charge in [0.25, 0.3) is 0 Å². The molecule has 1 aliphatic rings. The molecule has 2 N–H and O–H groups in total. The van der Waals surface area contributed by atoms with Gasteiger partial charge in [0.15, 0.2) is 5.11 Å². The summed E-state index contributed by atoms with van der Waals surface area (Å²) in [6, 6.07) is 8.47. The number of benzene rings is 1. The predicted octanol–water partition coefficient (Wildman–Crippen LogP) is 3.58. The molecule has 0 bridgehead atoms. The van der Waals surface area contributed by atoms with Gasteiger partial charge in [-0.1, -0.05) is 47.3 Å². The first-order valence-electron chi connectivity index (χ1n) is 6.59. The zero-order chi connectivity index (χ0) is 13.5. The summed E-state index contributed by atoms with van der Waals surface area (Å²) in [6.45, 7) is 0. The molecular formula is C14H18BrN3S. The molecule has 1 saturated carbocycles. The van der Waals surface area contributed by atoms with Crippen molar-refractivity contribution >= 4 is 39.5 Å². The van der Waals surface area contributed by atoms with Crippen molar-refractivity contribution in [2.24, 2.45) is 5.10 Å². The number of hydrogen-bond donors (Lipinski definition) is 2. The summed E-state index contributed by atoms with van der Waals surface area (Å²) in [5.41, 5.74) is 3.90. The Balaban J connectivity index is 1.76. The van der Waals surface area contributed by atoms with E-state index in [1.54, 1.807) is 6.21 Å². The monoisotopic (exact) mass is 339 g/mol. The molecule has 3 nitrogen and oxygen atoms in total. The molecule has 0 heterocycles. The Morgan fingerprint density at radius 2 is 2.11 bits per heavy atom. The molecule has 1 aliphatic carbocycles. The number of halogens is 1. The summed E-state index contributed by atoms with van der Waals surface area (Å²) in [6.07, 6.45) is 8.11. The predicted molar refractivity (Wildman–Crippen MR) is 87.5 cm³/mol. The van der Waals surface area contributed by atoms with Gasteiger partial charge in [-0.2, -0.15) is 5.10 Å². The second-order valence-electron chi connectivity index (χ2n) is 4.73. The van der Waals surface area contributed by atoms with Gasteiger partial charge in [-0.25, -0.2) is 0 Å². The van der Waals surface area contributed by atoms with Crippen LogP contribution in [0.25, 0.3) is 0 Å². The van der Waals surface area contributed by atoms with Crippen LogP contribution in [0, 0.1) is 0 Å². The smallest absolute Gasteiger partial charge is 0.187 e. The fraction of sp³-hybridized carbons (Fsp3) is 0.429. The highest BCUT2D eigenvalue weighted by atomic mass is 79.9. The minimum Gasteiger partial charge on any atom is -0.359 e. The zero-order valence-corrected chi connectivity index (χ0v) is 13.1. The summed E-state index contributed by atoms with van der Waals surface area (Å²) in [5, 5.41) is 8.07. The molecule has 0 aliphatic heterocycles. The highest BCUT2D eigenvalue weighted by molar-refractivity contribution is 9.10. The number of hydrazone groups is 1. The van der Waals surface area contributed by atoms with Gasteiger partial charge in [0, 0.05) is 10.5 Å². The number of thiocarbonyl (C=S) groups is 1. The molecule has 0 saturated heterocycles. The van der Waals surface area contributed by atoms with Crippen LogP contribution in [0.15, 0.2) is 33.8 Å². The quantitative estimate of drug-likeness (QED) is 0.502. The van der Waals surface area contributed by atoms with Gasteiger partial charge in [0.2, 0.25) is 0 Å². The van der Waals surface area contributed by atoms with Gasteiger partial charge >= 0.3 is 0 Å². The molecule has 0 radical (unpaired) electrons. The number of nitrogens with zero attached hydrogens (tertiary/aromatic N) is 1. The van der Waals surface area contributed by atoms with E-state index in [0.717, 1.165) is 10.0 Å². The first kappa shape index (κ1) is 14.5. The Bertz CT molecular complexity index is 456. The van der Waals surface area contributed by atoms with Crippen LogP contribution < -0.4 is 10.7 Å². The van der Waals surface area contributed by atoms with Crippen LogP contribution in [0.1, 0.15) is 37.7 Å². The highest BCUT2D eigenvalue weighted by Gasteiger charge is 2.13. The van der Waals surface area contributed by atoms with Crippen molar-refractivity contribution in [1.82, 2.24) is 10.7 Å². The van der Waals surface area contributed by atoms with E-state index in [0.29, 0.717) is 11.2 Å². The average molecular weight is 340 g/mol. The first-order chi connectivity index (χ1) is 9.24. The minimum absolute atomic E-state index is 0.509. The van der Waals surface area contributed by atoms with Crippen molar-refractivity contribution < 1.29 is 0 Å². The molecule has 1 aromatic carbocycles. The van der Waals surface area contributed by atoms with Crippen molar-refractivity contribution in [2.75, 3.05) is 0 Å². The van der Waals surface area contributed by atoms with Crippen molar-refractivity contribution in [1.29, 1.82) is 0 Å². The van der Waals surface area contributed by atoms with Crippen LogP contribution in [-0.4, -0.2) is 17.4 Å². The van der Waals surface area contributed by atoms with E-state index in [1.165, 1.54) is 32.1 Å². The maximum absolute atomic E-state index is 5.23. The standard InChI is InChI=1S/C14H18BrN3S/c15-12-6-4-5-11(9-12)10-16-18-14(19)17-13-7-2-1-3-8-13/h4-6,9-10,13H,1-3,7-8H2,(H2,17,18,19). The van der Waals surface area contributed by atoms with Crippen molar-refractivity contribution in [3.63, 3.8) is 0 Å². The molecule has 0 unspecified atom stereocenters. The third kappa shape index (κ3) is 5.28. The molecule has 19 heavy (non-hydrogen) atoms. The molecule has 0 aromatic heterocycles. The number of hydrogen-bond acceptors (Lipinski definition) is 2. The van der Waals surface area contributed by atoms with Crippen molar-refractivity contribution in [2.45, 2.75) is 38.1 Å². The van der Waals surface area contributed by atoms with E-state index >= 15 is 0 Å². The zero-order valence-electron chi connectivity index (χ0n) is 10.7. The number of nitrogens with one attached hydrogen (secondary N) is 2. The Morgan fingerprint density at radius 3 is 2.84 bits per heavy atom. The second kappa shape index (κ2) is 7.60. The van der Waals surface area contributed by atoms with Gasteiger partial charge in [-0.3, -0.25) is 5.43 Å². The normalized spacial score (nSPS) is 16.5. The summed E-state index contributed by atoms with van der Waals surface area (Å²) in [5.74, 6) is 0. The third-order valence-electron chi connectivity index (χ3n) is 3.17. The molecule has 5 heteroatoms. The van der Waals surface area contributed by atoms with E-state index in [2.05, 4.69) is 31.8 Å². The molecule has 2 rings (SSSR count). The van der Waals surface area contributed by atoms with E-state index in [9.17, 15) is 0 Å². The third-order valence-corrected chi connectivity index (χ3v) is 3.87. The molecule has 0 spiro atoms. The van der Waals surface area contributed by atoms with Crippen LogP contribution in [0.5, 0.6) is 0 Å². The molecule has 0 atom stereocenters. The summed E-state index contributed by atoms with van der Waals surface area (Å²) < 4.78 is 1.04. The largest absolute Gasteiger partial charge is 0.359 e.